The van der Waals surface area contributed by atoms with E-state index in [1.54, 1.807) is 0 Å². The summed E-state index contributed by atoms with van der Waals surface area (Å²) in [6, 6.07) is 10.6. The summed E-state index contributed by atoms with van der Waals surface area (Å²) in [6.45, 7) is 6.48. The Kier molecular flexibility index (Phi) is 3.15. The molecule has 0 aliphatic carbocycles. The second-order valence-electron chi connectivity index (χ2n) is 5.10. The molecule has 2 unspecified atom stereocenters. The second-order valence-corrected chi connectivity index (χ2v) is 5.10. The van der Waals surface area contributed by atoms with Gasteiger partial charge in [-0.2, -0.15) is 0 Å². The molecular weight excluding hydrogens is 196 g/mol. The molecule has 86 valence electrons. The molecule has 0 bridgehead atoms. The maximum atomic E-state index is 6.10. The monoisotopic (exact) mass is 216 g/mol. The number of ether oxygens (including phenoxy) is 1. The Bertz CT molecular complexity index is 364. The van der Waals surface area contributed by atoms with Crippen LogP contribution in [0, 0.1) is 0 Å². The van der Waals surface area contributed by atoms with E-state index in [2.05, 4.69) is 63.3 Å². The predicted octanol–water partition coefficient (Wildman–Crippen LogP) is 3.91. The lowest BCUT2D eigenvalue weighted by Gasteiger charge is -2.35. The molecule has 1 aliphatic rings. The summed E-state index contributed by atoms with van der Waals surface area (Å²) in [5.41, 5.74) is 1.24. The van der Waals surface area contributed by atoms with Crippen molar-refractivity contribution in [3.8, 4) is 0 Å². The van der Waals surface area contributed by atoms with Gasteiger partial charge in [0.25, 0.3) is 0 Å². The third-order valence-electron chi connectivity index (χ3n) is 3.23. The summed E-state index contributed by atoms with van der Waals surface area (Å²) in [5, 5.41) is 0. The lowest BCUT2D eigenvalue weighted by Crippen LogP contribution is -2.34. The minimum Gasteiger partial charge on any atom is -0.367 e. The van der Waals surface area contributed by atoms with E-state index >= 15 is 0 Å². The van der Waals surface area contributed by atoms with E-state index in [1.807, 2.05) is 0 Å². The molecule has 1 heteroatoms. The highest BCUT2D eigenvalue weighted by molar-refractivity contribution is 5.21. The van der Waals surface area contributed by atoms with Crippen molar-refractivity contribution in [1.29, 1.82) is 0 Å². The fraction of sp³-hybridized carbons (Fsp3) is 0.467. The zero-order valence-corrected chi connectivity index (χ0v) is 10.3. The number of hydrogen-bond acceptors (Lipinski definition) is 1. The zero-order chi connectivity index (χ0) is 11.6. The van der Waals surface area contributed by atoms with Crippen LogP contribution in [0.4, 0.5) is 0 Å². The molecule has 0 saturated carbocycles. The molecule has 0 N–H and O–H groups in total. The Labute approximate surface area is 98.1 Å². The fourth-order valence-electron chi connectivity index (χ4n) is 2.24. The molecule has 1 aromatic rings. The van der Waals surface area contributed by atoms with Crippen LogP contribution in [0.2, 0.25) is 0 Å². The summed E-state index contributed by atoms with van der Waals surface area (Å²) in [4.78, 5) is 0. The van der Waals surface area contributed by atoms with Crippen LogP contribution in [0.1, 0.15) is 38.7 Å². The highest BCUT2D eigenvalue weighted by atomic mass is 16.5. The highest BCUT2D eigenvalue weighted by Crippen LogP contribution is 2.31. The van der Waals surface area contributed by atoms with Gasteiger partial charge in [-0.15, -0.1) is 0 Å². The molecule has 0 spiro atoms. The van der Waals surface area contributed by atoms with E-state index in [4.69, 9.17) is 4.74 Å². The van der Waals surface area contributed by atoms with Crippen molar-refractivity contribution in [2.24, 2.45) is 0 Å². The molecule has 1 aliphatic heterocycles. The minimum atomic E-state index is -0.119. The summed E-state index contributed by atoms with van der Waals surface area (Å²) < 4.78 is 6.10. The van der Waals surface area contributed by atoms with Gasteiger partial charge in [0.1, 0.15) is 0 Å². The molecule has 0 radical (unpaired) electrons. The normalized spacial score (nSPS) is 25.3. The summed E-state index contributed by atoms with van der Waals surface area (Å²) in [5.74, 6) is 0.449. The first kappa shape index (κ1) is 11.4. The Morgan fingerprint density at radius 2 is 1.94 bits per heavy atom. The van der Waals surface area contributed by atoms with E-state index in [9.17, 15) is 0 Å². The standard InChI is InChI=1S/C15H20O/c1-12(13-8-5-4-6-9-13)14-10-7-11-15(2,3)16-14/h4-9,11-12,14H,10H2,1-3H3. The summed E-state index contributed by atoms with van der Waals surface area (Å²) in [6.07, 6.45) is 5.70. The Morgan fingerprint density at radius 1 is 1.25 bits per heavy atom. The maximum Gasteiger partial charge on any atom is 0.0810 e. The van der Waals surface area contributed by atoms with Crippen molar-refractivity contribution in [2.75, 3.05) is 0 Å². The van der Waals surface area contributed by atoms with Crippen LogP contribution in [0.3, 0.4) is 0 Å². The molecule has 1 heterocycles. The van der Waals surface area contributed by atoms with Gasteiger partial charge in [0.2, 0.25) is 0 Å². The van der Waals surface area contributed by atoms with E-state index in [0.29, 0.717) is 12.0 Å². The largest absolute Gasteiger partial charge is 0.367 e. The van der Waals surface area contributed by atoms with Crippen molar-refractivity contribution in [1.82, 2.24) is 0 Å². The zero-order valence-electron chi connectivity index (χ0n) is 10.3. The van der Waals surface area contributed by atoms with Gasteiger partial charge in [-0.25, -0.2) is 0 Å². The van der Waals surface area contributed by atoms with Crippen molar-refractivity contribution >= 4 is 0 Å². The van der Waals surface area contributed by atoms with Gasteiger partial charge in [-0.1, -0.05) is 49.4 Å². The molecule has 16 heavy (non-hydrogen) atoms. The highest BCUT2D eigenvalue weighted by Gasteiger charge is 2.28. The quantitative estimate of drug-likeness (QED) is 0.681. The van der Waals surface area contributed by atoms with Crippen LogP contribution in [0.25, 0.3) is 0 Å². The third kappa shape index (κ3) is 2.53. The smallest absolute Gasteiger partial charge is 0.0810 e. The summed E-state index contributed by atoms with van der Waals surface area (Å²) in [7, 11) is 0. The second kappa shape index (κ2) is 4.42. The minimum absolute atomic E-state index is 0.119. The first-order valence-corrected chi connectivity index (χ1v) is 5.99. The number of benzene rings is 1. The number of hydrogen-bond donors (Lipinski definition) is 0. The van der Waals surface area contributed by atoms with Crippen LogP contribution < -0.4 is 0 Å². The van der Waals surface area contributed by atoms with Crippen LogP contribution in [-0.4, -0.2) is 11.7 Å². The molecule has 1 nitrogen and oxygen atoms in total. The Hall–Kier alpha value is -1.08. The molecule has 2 rings (SSSR count). The van der Waals surface area contributed by atoms with Gasteiger partial charge in [0, 0.05) is 5.92 Å². The molecular formula is C15H20O. The fourth-order valence-corrected chi connectivity index (χ4v) is 2.24. The van der Waals surface area contributed by atoms with Gasteiger partial charge in [-0.05, 0) is 25.8 Å². The average molecular weight is 216 g/mol. The van der Waals surface area contributed by atoms with E-state index in [0.717, 1.165) is 6.42 Å². The average Bonchev–Trinajstić information content (AvgIpc) is 2.28. The van der Waals surface area contributed by atoms with E-state index in [-0.39, 0.29) is 5.60 Å². The first-order valence-electron chi connectivity index (χ1n) is 5.99. The van der Waals surface area contributed by atoms with Crippen LogP contribution >= 0.6 is 0 Å². The third-order valence-corrected chi connectivity index (χ3v) is 3.23. The first-order chi connectivity index (χ1) is 7.58. The lowest BCUT2D eigenvalue weighted by atomic mass is 9.90. The van der Waals surface area contributed by atoms with E-state index < -0.39 is 0 Å². The Morgan fingerprint density at radius 3 is 2.56 bits per heavy atom. The van der Waals surface area contributed by atoms with Gasteiger partial charge in [0.15, 0.2) is 0 Å². The molecule has 0 saturated heterocycles. The van der Waals surface area contributed by atoms with E-state index in [1.165, 1.54) is 5.56 Å². The maximum absolute atomic E-state index is 6.10. The van der Waals surface area contributed by atoms with Gasteiger partial charge < -0.3 is 4.74 Å². The SMILES string of the molecule is CC(c1ccccc1)C1CC=CC(C)(C)O1. The van der Waals surface area contributed by atoms with Crippen molar-refractivity contribution in [2.45, 2.75) is 44.8 Å². The lowest BCUT2D eigenvalue weighted by molar-refractivity contribution is -0.0581. The topological polar surface area (TPSA) is 9.23 Å². The summed E-state index contributed by atoms with van der Waals surface area (Å²) >= 11 is 0. The molecule has 1 aromatic carbocycles. The van der Waals surface area contributed by atoms with Crippen LogP contribution in [0.15, 0.2) is 42.5 Å². The molecule has 0 fully saturated rings. The van der Waals surface area contributed by atoms with Gasteiger partial charge in [0.05, 0.1) is 11.7 Å². The van der Waals surface area contributed by atoms with Gasteiger partial charge >= 0.3 is 0 Å². The Balaban J connectivity index is 2.12. The number of rotatable bonds is 2. The van der Waals surface area contributed by atoms with Crippen LogP contribution in [-0.2, 0) is 4.74 Å². The van der Waals surface area contributed by atoms with Crippen molar-refractivity contribution in [3.63, 3.8) is 0 Å². The molecule has 0 aromatic heterocycles. The van der Waals surface area contributed by atoms with Crippen molar-refractivity contribution in [3.05, 3.63) is 48.0 Å². The molecule has 2 atom stereocenters. The predicted molar refractivity (Wildman–Crippen MR) is 67.6 cm³/mol. The van der Waals surface area contributed by atoms with Gasteiger partial charge in [-0.3, -0.25) is 0 Å². The van der Waals surface area contributed by atoms with Crippen LogP contribution in [0.5, 0.6) is 0 Å². The molecule has 0 amide bonds. The van der Waals surface area contributed by atoms with Crippen molar-refractivity contribution < 1.29 is 4.74 Å².